The lowest BCUT2D eigenvalue weighted by molar-refractivity contribution is 0.448. The Labute approximate surface area is 359 Å². The van der Waals surface area contributed by atoms with E-state index in [1.807, 2.05) is 12.3 Å². The number of aromatic hydroxyl groups is 1. The summed E-state index contributed by atoms with van der Waals surface area (Å²) in [5.41, 5.74) is 17.1. The van der Waals surface area contributed by atoms with Crippen molar-refractivity contribution >= 4 is 11.0 Å². The quantitative estimate of drug-likeness (QED) is 0.158. The van der Waals surface area contributed by atoms with E-state index in [4.69, 9.17) is 9.97 Å². The van der Waals surface area contributed by atoms with Gasteiger partial charge in [-0.1, -0.05) is 150 Å². The molecular formula is C57H51N3O. The predicted molar refractivity (Wildman–Crippen MR) is 255 cm³/mol. The number of hydrogen-bond donors (Lipinski definition) is 1. The van der Waals surface area contributed by atoms with Gasteiger partial charge in [-0.05, 0) is 124 Å². The molecule has 0 unspecified atom stereocenters. The smallest absolute Gasteiger partial charge is 0.149 e. The SMILES string of the molecule is Cc1cc(-c2nc3c(-c4cc(-c5ccccc5)cc(-c5cc(-c6ccccc6)ccn5)c4)cccc3n2-c2ccc(CC(C)C)cc2-c2ccccc2)c(O)c(C(C)(C)C)c1. The summed E-state index contributed by atoms with van der Waals surface area (Å²) in [4.78, 5) is 10.5. The number of hydrogen-bond acceptors (Lipinski definition) is 3. The largest absolute Gasteiger partial charge is 0.507 e. The highest BCUT2D eigenvalue weighted by molar-refractivity contribution is 5.98. The second-order valence-electron chi connectivity index (χ2n) is 17.7. The summed E-state index contributed by atoms with van der Waals surface area (Å²) >= 11 is 0. The Morgan fingerprint density at radius 3 is 1.87 bits per heavy atom. The average Bonchev–Trinajstić information content (AvgIpc) is 3.67. The Balaban J connectivity index is 1.34. The topological polar surface area (TPSA) is 50.9 Å². The van der Waals surface area contributed by atoms with E-state index in [0.717, 1.165) is 90.0 Å². The molecule has 0 saturated heterocycles. The fourth-order valence-corrected chi connectivity index (χ4v) is 8.63. The van der Waals surface area contributed by atoms with Crippen LogP contribution in [0.4, 0.5) is 0 Å². The normalized spacial score (nSPS) is 11.7. The summed E-state index contributed by atoms with van der Waals surface area (Å²) in [5, 5.41) is 12.3. The van der Waals surface area contributed by atoms with Crippen molar-refractivity contribution in [2.45, 2.75) is 53.4 Å². The van der Waals surface area contributed by atoms with Gasteiger partial charge in [0.25, 0.3) is 0 Å². The van der Waals surface area contributed by atoms with Crippen LogP contribution in [-0.4, -0.2) is 19.6 Å². The van der Waals surface area contributed by atoms with Crippen LogP contribution in [0.15, 0.2) is 176 Å². The predicted octanol–water partition coefficient (Wildman–Crippen LogP) is 14.9. The third-order valence-electron chi connectivity index (χ3n) is 11.5. The Morgan fingerprint density at radius 1 is 0.557 bits per heavy atom. The zero-order valence-electron chi connectivity index (χ0n) is 35.8. The van der Waals surface area contributed by atoms with Gasteiger partial charge >= 0.3 is 0 Å². The zero-order chi connectivity index (χ0) is 42.3. The molecule has 300 valence electrons. The number of aromatic nitrogens is 3. The first-order valence-corrected chi connectivity index (χ1v) is 21.3. The lowest BCUT2D eigenvalue weighted by Gasteiger charge is -2.23. The van der Waals surface area contributed by atoms with Crippen molar-refractivity contribution in [2.75, 3.05) is 0 Å². The number of nitrogens with zero attached hydrogens (tertiary/aromatic N) is 3. The molecule has 61 heavy (non-hydrogen) atoms. The highest BCUT2D eigenvalue weighted by Crippen LogP contribution is 2.44. The van der Waals surface area contributed by atoms with Gasteiger partial charge in [-0.3, -0.25) is 9.55 Å². The van der Waals surface area contributed by atoms with Crippen LogP contribution >= 0.6 is 0 Å². The monoisotopic (exact) mass is 793 g/mol. The molecule has 4 nitrogen and oxygen atoms in total. The van der Waals surface area contributed by atoms with E-state index in [1.54, 1.807) is 0 Å². The van der Waals surface area contributed by atoms with Crippen LogP contribution in [0.2, 0.25) is 0 Å². The van der Waals surface area contributed by atoms with Gasteiger partial charge in [-0.25, -0.2) is 4.98 Å². The van der Waals surface area contributed by atoms with Crippen LogP contribution in [0.3, 0.4) is 0 Å². The van der Waals surface area contributed by atoms with Crippen LogP contribution in [0.1, 0.15) is 51.3 Å². The van der Waals surface area contributed by atoms with Crippen molar-refractivity contribution in [1.29, 1.82) is 0 Å². The first-order chi connectivity index (χ1) is 29.5. The van der Waals surface area contributed by atoms with E-state index in [-0.39, 0.29) is 11.2 Å². The van der Waals surface area contributed by atoms with E-state index in [9.17, 15) is 5.11 Å². The van der Waals surface area contributed by atoms with Crippen molar-refractivity contribution in [3.63, 3.8) is 0 Å². The molecule has 9 aromatic rings. The molecule has 0 amide bonds. The summed E-state index contributed by atoms with van der Waals surface area (Å²) in [5.74, 6) is 1.46. The summed E-state index contributed by atoms with van der Waals surface area (Å²) in [7, 11) is 0. The molecule has 2 heterocycles. The van der Waals surface area contributed by atoms with E-state index < -0.39 is 0 Å². The zero-order valence-corrected chi connectivity index (χ0v) is 35.8. The molecule has 0 atom stereocenters. The number of benzene rings is 7. The van der Waals surface area contributed by atoms with Crippen molar-refractivity contribution < 1.29 is 5.11 Å². The van der Waals surface area contributed by atoms with Gasteiger partial charge in [-0.15, -0.1) is 0 Å². The molecular weight excluding hydrogens is 743 g/mol. The van der Waals surface area contributed by atoms with Gasteiger partial charge in [-0.2, -0.15) is 0 Å². The van der Waals surface area contributed by atoms with Gasteiger partial charge in [0.05, 0.1) is 28.0 Å². The minimum atomic E-state index is -0.291. The molecule has 0 saturated carbocycles. The minimum absolute atomic E-state index is 0.256. The number of phenols is 1. The summed E-state index contributed by atoms with van der Waals surface area (Å²) in [6.45, 7) is 13.1. The molecule has 9 rings (SSSR count). The second-order valence-corrected chi connectivity index (χ2v) is 17.7. The molecule has 0 aliphatic rings. The van der Waals surface area contributed by atoms with Crippen LogP contribution in [0, 0.1) is 12.8 Å². The van der Waals surface area contributed by atoms with Gasteiger partial charge in [0.1, 0.15) is 11.6 Å². The third kappa shape index (κ3) is 7.90. The van der Waals surface area contributed by atoms with Crippen molar-refractivity contribution in [2.24, 2.45) is 5.92 Å². The van der Waals surface area contributed by atoms with Gasteiger partial charge < -0.3 is 5.11 Å². The molecule has 1 N–H and O–H groups in total. The highest BCUT2D eigenvalue weighted by atomic mass is 16.3. The Hall–Kier alpha value is -7.04. The van der Waals surface area contributed by atoms with Crippen molar-refractivity contribution in [1.82, 2.24) is 14.5 Å². The highest BCUT2D eigenvalue weighted by Gasteiger charge is 2.27. The molecule has 0 spiro atoms. The van der Waals surface area contributed by atoms with Crippen molar-refractivity contribution in [3.8, 4) is 78.6 Å². The fourth-order valence-electron chi connectivity index (χ4n) is 8.63. The molecule has 2 aromatic heterocycles. The number of fused-ring (bicyclic) bond motifs is 1. The second kappa shape index (κ2) is 16.2. The number of pyridine rings is 1. The first kappa shape index (κ1) is 39.4. The standard InChI is InChI=1S/C57H51N3O/c1-37(2)29-39-25-26-52(48(32-39)42-21-14-9-15-22-42)60-53-24-16-23-47(54(53)59-56(60)49-30-38(3)31-50(55(49)61)57(4,5)6)45-33-44(41-19-12-8-13-20-41)34-46(35-45)51-36-43(27-28-58-51)40-17-10-7-11-18-40/h7-28,30-37,61H,29H2,1-6H3. The Bertz CT molecular complexity index is 3010. The van der Waals surface area contributed by atoms with Gasteiger partial charge in [0.2, 0.25) is 0 Å². The van der Waals surface area contributed by atoms with Crippen molar-refractivity contribution in [3.05, 3.63) is 193 Å². The summed E-state index contributed by atoms with van der Waals surface area (Å²) in [6, 6.07) is 60.1. The van der Waals surface area contributed by atoms with E-state index in [2.05, 4.69) is 210 Å². The van der Waals surface area contributed by atoms with E-state index in [1.165, 1.54) is 5.56 Å². The van der Waals surface area contributed by atoms with Crippen LogP contribution in [0.25, 0.3) is 83.9 Å². The molecule has 4 heteroatoms. The number of rotatable bonds is 9. The number of aryl methyl sites for hydroxylation is 1. The number of imidazole rings is 1. The molecule has 0 fully saturated rings. The van der Waals surface area contributed by atoms with Gasteiger partial charge in [0.15, 0.2) is 0 Å². The minimum Gasteiger partial charge on any atom is -0.507 e. The number of phenolic OH excluding ortho intramolecular Hbond substituents is 1. The van der Waals surface area contributed by atoms with Crippen LogP contribution < -0.4 is 0 Å². The lowest BCUT2D eigenvalue weighted by Crippen LogP contribution is -2.12. The summed E-state index contributed by atoms with van der Waals surface area (Å²) < 4.78 is 2.27. The third-order valence-corrected chi connectivity index (χ3v) is 11.5. The molecule has 0 aliphatic carbocycles. The average molecular weight is 794 g/mol. The maximum atomic E-state index is 12.3. The molecule has 0 aliphatic heterocycles. The molecule has 0 bridgehead atoms. The number of para-hydroxylation sites is 1. The van der Waals surface area contributed by atoms with Crippen LogP contribution in [0.5, 0.6) is 5.75 Å². The molecule has 0 radical (unpaired) electrons. The maximum Gasteiger partial charge on any atom is 0.149 e. The van der Waals surface area contributed by atoms with E-state index >= 15 is 0 Å². The first-order valence-electron chi connectivity index (χ1n) is 21.3. The fraction of sp³-hybridized carbons (Fsp3) is 0.158. The lowest BCUT2D eigenvalue weighted by atomic mass is 9.84. The Morgan fingerprint density at radius 2 is 1.20 bits per heavy atom. The Kier molecular flexibility index (Phi) is 10.5. The van der Waals surface area contributed by atoms with Crippen LogP contribution in [-0.2, 0) is 11.8 Å². The summed E-state index contributed by atoms with van der Waals surface area (Å²) in [6.07, 6.45) is 2.87. The van der Waals surface area contributed by atoms with E-state index in [0.29, 0.717) is 17.3 Å². The maximum absolute atomic E-state index is 12.3. The van der Waals surface area contributed by atoms with Gasteiger partial charge in [0, 0.05) is 28.5 Å². The molecule has 7 aromatic carbocycles.